The van der Waals surface area contributed by atoms with Crippen molar-refractivity contribution < 1.29 is 4.92 Å². The smallest absolute Gasteiger partial charge is 0.272 e. The van der Waals surface area contributed by atoms with Gasteiger partial charge in [-0.1, -0.05) is 36.4 Å². The first kappa shape index (κ1) is 15.2. The second kappa shape index (κ2) is 6.50. The molecule has 0 saturated carbocycles. The number of aryl methyl sites for hydroxylation is 1. The maximum Gasteiger partial charge on any atom is 0.272 e. The van der Waals surface area contributed by atoms with Gasteiger partial charge in [-0.25, -0.2) is 0 Å². The molecule has 0 aliphatic heterocycles. The van der Waals surface area contributed by atoms with Gasteiger partial charge in [0, 0.05) is 24.2 Å². The minimum Gasteiger partial charge on any atom is -0.306 e. The molecule has 0 unspecified atom stereocenters. The lowest BCUT2D eigenvalue weighted by Crippen LogP contribution is -2.19. The van der Waals surface area contributed by atoms with Crippen LogP contribution in [0.5, 0.6) is 0 Å². The van der Waals surface area contributed by atoms with Gasteiger partial charge >= 0.3 is 0 Å². The molecule has 0 saturated heterocycles. The van der Waals surface area contributed by atoms with Crippen LogP contribution in [-0.4, -0.2) is 4.92 Å². The van der Waals surface area contributed by atoms with Crippen LogP contribution in [-0.2, 0) is 6.54 Å². The molecular formula is C17H20N2O2. The average Bonchev–Trinajstić information content (AvgIpc) is 2.46. The van der Waals surface area contributed by atoms with Gasteiger partial charge < -0.3 is 5.32 Å². The number of benzene rings is 2. The van der Waals surface area contributed by atoms with E-state index in [1.807, 2.05) is 18.2 Å². The number of hydrogen-bond donors (Lipinski definition) is 1. The lowest BCUT2D eigenvalue weighted by molar-refractivity contribution is -0.385. The molecule has 0 aliphatic rings. The Morgan fingerprint density at radius 1 is 1.14 bits per heavy atom. The third-order valence-electron chi connectivity index (χ3n) is 3.87. The molecular weight excluding hydrogens is 264 g/mol. The number of nitro benzene ring substituents is 1. The number of rotatable bonds is 5. The van der Waals surface area contributed by atoms with Gasteiger partial charge in [0.25, 0.3) is 5.69 Å². The Bertz CT molecular complexity index is 653. The minimum atomic E-state index is -0.330. The molecule has 1 atom stereocenters. The van der Waals surface area contributed by atoms with E-state index >= 15 is 0 Å². The van der Waals surface area contributed by atoms with Crippen LogP contribution in [0, 0.1) is 24.0 Å². The highest BCUT2D eigenvalue weighted by Gasteiger charge is 2.14. The van der Waals surface area contributed by atoms with Crippen LogP contribution in [0.15, 0.2) is 42.5 Å². The van der Waals surface area contributed by atoms with Crippen LogP contribution < -0.4 is 5.32 Å². The summed E-state index contributed by atoms with van der Waals surface area (Å²) in [5.74, 6) is 0. The summed E-state index contributed by atoms with van der Waals surface area (Å²) in [6, 6.07) is 13.7. The predicted octanol–water partition coefficient (Wildman–Crippen LogP) is 4.06. The fraction of sp³-hybridized carbons (Fsp3) is 0.294. The van der Waals surface area contributed by atoms with Gasteiger partial charge in [0.05, 0.1) is 4.92 Å². The van der Waals surface area contributed by atoms with E-state index in [9.17, 15) is 10.1 Å². The fourth-order valence-electron chi connectivity index (χ4n) is 2.50. The average molecular weight is 284 g/mol. The first-order valence-corrected chi connectivity index (χ1v) is 7.02. The van der Waals surface area contributed by atoms with Crippen LogP contribution in [0.3, 0.4) is 0 Å². The summed E-state index contributed by atoms with van der Waals surface area (Å²) in [6.45, 7) is 6.61. The van der Waals surface area contributed by atoms with Crippen LogP contribution in [0.25, 0.3) is 0 Å². The third-order valence-corrected chi connectivity index (χ3v) is 3.87. The molecule has 0 amide bonds. The zero-order chi connectivity index (χ0) is 15.4. The number of nitro groups is 1. The van der Waals surface area contributed by atoms with E-state index in [1.54, 1.807) is 19.1 Å². The molecule has 4 heteroatoms. The Hall–Kier alpha value is -2.20. The van der Waals surface area contributed by atoms with Crippen molar-refractivity contribution in [2.75, 3.05) is 0 Å². The summed E-state index contributed by atoms with van der Waals surface area (Å²) >= 11 is 0. The Balaban J connectivity index is 2.12. The first-order chi connectivity index (χ1) is 10.0. The lowest BCUT2D eigenvalue weighted by atomic mass is 10.0. The van der Waals surface area contributed by atoms with Crippen molar-refractivity contribution >= 4 is 5.69 Å². The molecule has 0 aromatic heterocycles. The summed E-state index contributed by atoms with van der Waals surface area (Å²) in [5.41, 5.74) is 4.36. The summed E-state index contributed by atoms with van der Waals surface area (Å²) < 4.78 is 0. The van der Waals surface area contributed by atoms with E-state index in [0.29, 0.717) is 6.54 Å². The Morgan fingerprint density at radius 2 is 1.86 bits per heavy atom. The van der Waals surface area contributed by atoms with Crippen LogP contribution in [0.1, 0.15) is 35.2 Å². The molecule has 2 aromatic rings. The van der Waals surface area contributed by atoms with E-state index in [4.69, 9.17) is 0 Å². The Kier molecular flexibility index (Phi) is 4.70. The van der Waals surface area contributed by atoms with Crippen LogP contribution in [0.2, 0.25) is 0 Å². The molecule has 0 aliphatic carbocycles. The van der Waals surface area contributed by atoms with Crippen molar-refractivity contribution in [3.05, 3.63) is 74.8 Å². The lowest BCUT2D eigenvalue weighted by Gasteiger charge is -2.17. The maximum absolute atomic E-state index is 11.0. The van der Waals surface area contributed by atoms with Gasteiger partial charge in [0.2, 0.25) is 0 Å². The van der Waals surface area contributed by atoms with Gasteiger partial charge in [-0.3, -0.25) is 10.1 Å². The van der Waals surface area contributed by atoms with Crippen LogP contribution >= 0.6 is 0 Å². The molecule has 1 N–H and O–H groups in total. The van der Waals surface area contributed by atoms with Gasteiger partial charge in [0.15, 0.2) is 0 Å². The van der Waals surface area contributed by atoms with Crippen molar-refractivity contribution in [3.63, 3.8) is 0 Å². The van der Waals surface area contributed by atoms with E-state index in [0.717, 1.165) is 11.1 Å². The quantitative estimate of drug-likeness (QED) is 0.665. The number of hydrogen-bond acceptors (Lipinski definition) is 3. The molecule has 0 bridgehead atoms. The van der Waals surface area contributed by atoms with E-state index < -0.39 is 0 Å². The van der Waals surface area contributed by atoms with Crippen molar-refractivity contribution in [2.45, 2.75) is 33.4 Å². The van der Waals surface area contributed by atoms with E-state index in [-0.39, 0.29) is 16.7 Å². The highest BCUT2D eigenvalue weighted by molar-refractivity contribution is 5.44. The van der Waals surface area contributed by atoms with Gasteiger partial charge in [-0.2, -0.15) is 0 Å². The Labute approximate surface area is 125 Å². The first-order valence-electron chi connectivity index (χ1n) is 7.02. The molecule has 0 fully saturated rings. The van der Waals surface area contributed by atoms with Crippen molar-refractivity contribution in [1.29, 1.82) is 0 Å². The SMILES string of the molecule is Cc1ccccc1[C@H](C)NCc1cccc([N+](=O)[O-])c1C. The molecule has 110 valence electrons. The summed E-state index contributed by atoms with van der Waals surface area (Å²) in [4.78, 5) is 10.6. The molecule has 2 rings (SSSR count). The highest BCUT2D eigenvalue weighted by atomic mass is 16.6. The van der Waals surface area contributed by atoms with Gasteiger partial charge in [-0.15, -0.1) is 0 Å². The molecule has 0 spiro atoms. The summed E-state index contributed by atoms with van der Waals surface area (Å²) in [6.07, 6.45) is 0. The molecule has 0 radical (unpaired) electrons. The van der Waals surface area contributed by atoms with E-state index in [2.05, 4.69) is 31.3 Å². The summed E-state index contributed by atoms with van der Waals surface area (Å²) in [7, 11) is 0. The fourth-order valence-corrected chi connectivity index (χ4v) is 2.50. The molecule has 21 heavy (non-hydrogen) atoms. The standard InChI is InChI=1S/C17H20N2O2/c1-12-7-4-5-9-16(12)14(3)18-11-15-8-6-10-17(13(15)2)19(20)21/h4-10,14,18H,11H2,1-3H3/t14-/m0/s1. The maximum atomic E-state index is 11.0. The monoisotopic (exact) mass is 284 g/mol. The molecule has 2 aromatic carbocycles. The zero-order valence-corrected chi connectivity index (χ0v) is 12.6. The highest BCUT2D eigenvalue weighted by Crippen LogP contribution is 2.22. The number of nitrogens with one attached hydrogen (secondary N) is 1. The molecule has 0 heterocycles. The van der Waals surface area contributed by atoms with Gasteiger partial charge in [-0.05, 0) is 37.5 Å². The largest absolute Gasteiger partial charge is 0.306 e. The van der Waals surface area contributed by atoms with E-state index in [1.165, 1.54) is 11.1 Å². The van der Waals surface area contributed by atoms with Crippen molar-refractivity contribution in [2.24, 2.45) is 0 Å². The minimum absolute atomic E-state index is 0.179. The van der Waals surface area contributed by atoms with Crippen molar-refractivity contribution in [1.82, 2.24) is 5.32 Å². The summed E-state index contributed by atoms with van der Waals surface area (Å²) in [5, 5.41) is 14.4. The van der Waals surface area contributed by atoms with Crippen molar-refractivity contribution in [3.8, 4) is 0 Å². The molecule has 4 nitrogen and oxygen atoms in total. The number of nitrogens with zero attached hydrogens (tertiary/aromatic N) is 1. The Morgan fingerprint density at radius 3 is 2.52 bits per heavy atom. The van der Waals surface area contributed by atoms with Gasteiger partial charge in [0.1, 0.15) is 0 Å². The van der Waals surface area contributed by atoms with Crippen LogP contribution in [0.4, 0.5) is 5.69 Å². The zero-order valence-electron chi connectivity index (χ0n) is 12.6. The normalized spacial score (nSPS) is 12.1. The topological polar surface area (TPSA) is 55.2 Å². The third kappa shape index (κ3) is 3.47. The second-order valence-corrected chi connectivity index (χ2v) is 5.28. The predicted molar refractivity (Wildman–Crippen MR) is 84.3 cm³/mol. The second-order valence-electron chi connectivity index (χ2n) is 5.28.